The lowest BCUT2D eigenvalue weighted by atomic mass is 10.3. The molecule has 0 spiro atoms. The van der Waals surface area contributed by atoms with E-state index in [1.54, 1.807) is 6.92 Å². The fourth-order valence-electron chi connectivity index (χ4n) is 1.67. The van der Waals surface area contributed by atoms with Gasteiger partial charge < -0.3 is 20.5 Å². The van der Waals surface area contributed by atoms with Gasteiger partial charge in [0.15, 0.2) is 5.82 Å². The highest BCUT2D eigenvalue weighted by atomic mass is 16.6. The van der Waals surface area contributed by atoms with Crippen LogP contribution in [0.3, 0.4) is 0 Å². The minimum Gasteiger partial charge on any atom is -0.388 e. The Morgan fingerprint density at radius 2 is 2.39 bits per heavy atom. The van der Waals surface area contributed by atoms with Gasteiger partial charge in [-0.1, -0.05) is 13.3 Å². The molecule has 7 nitrogen and oxygen atoms in total. The van der Waals surface area contributed by atoms with E-state index in [2.05, 4.69) is 17.2 Å². The van der Waals surface area contributed by atoms with E-state index in [1.807, 2.05) is 0 Å². The normalized spacial score (nSPS) is 12.6. The molecule has 102 valence electrons. The summed E-state index contributed by atoms with van der Waals surface area (Å²) in [5.74, 6) is 0.453. The first-order chi connectivity index (χ1) is 8.56. The Bertz CT molecular complexity index is 392. The molecular weight excluding hydrogens is 236 g/mol. The zero-order valence-electron chi connectivity index (χ0n) is 10.8. The number of aliphatic hydroxyl groups is 1. The number of nitrogens with zero attached hydrogens (tertiary/aromatic N) is 3. The number of unbranched alkanes of at least 4 members (excludes halogenated alkanes) is 1. The molecule has 7 heteroatoms. The molecule has 1 aromatic rings. The van der Waals surface area contributed by atoms with Crippen molar-refractivity contribution in [1.29, 1.82) is 0 Å². The van der Waals surface area contributed by atoms with Gasteiger partial charge in [0.05, 0.1) is 0 Å². The van der Waals surface area contributed by atoms with E-state index in [0.29, 0.717) is 12.4 Å². The molecule has 0 aliphatic heterocycles. The summed E-state index contributed by atoms with van der Waals surface area (Å²) in [6, 6.07) is 0. The quantitative estimate of drug-likeness (QED) is 0.408. The number of aliphatic hydroxyl groups excluding tert-OH is 1. The molecule has 0 radical (unpaired) electrons. The van der Waals surface area contributed by atoms with Gasteiger partial charge in [0, 0.05) is 13.5 Å². The van der Waals surface area contributed by atoms with Crippen LogP contribution in [0.1, 0.15) is 25.6 Å². The monoisotopic (exact) mass is 256 g/mol. The van der Waals surface area contributed by atoms with Crippen molar-refractivity contribution in [3.63, 3.8) is 0 Å². The lowest BCUT2D eigenvalue weighted by Gasteiger charge is -2.11. The minimum atomic E-state index is -0.659. The molecule has 0 saturated heterocycles. The van der Waals surface area contributed by atoms with Crippen LogP contribution < -0.4 is 5.32 Å². The van der Waals surface area contributed by atoms with Gasteiger partial charge >= 0.3 is 5.82 Å². The topological polar surface area (TPSA) is 93.2 Å². The number of imidazole rings is 1. The van der Waals surface area contributed by atoms with Crippen LogP contribution in [-0.2, 0) is 6.54 Å². The van der Waals surface area contributed by atoms with Gasteiger partial charge in [-0.15, -0.1) is 0 Å². The highest BCUT2D eigenvalue weighted by Crippen LogP contribution is 2.13. The first-order valence-corrected chi connectivity index (χ1v) is 6.11. The molecule has 1 heterocycles. The van der Waals surface area contributed by atoms with E-state index >= 15 is 0 Å². The standard InChI is InChI=1S/C11H20N4O3/c1-3-4-5-12-6-10(16)8-14-9(2)13-7-11(14)15(17)18/h7,10,12,16H,3-6,8H2,1-2H3. The lowest BCUT2D eigenvalue weighted by molar-refractivity contribution is -0.392. The molecule has 18 heavy (non-hydrogen) atoms. The van der Waals surface area contributed by atoms with Crippen molar-refractivity contribution in [3.05, 3.63) is 22.1 Å². The van der Waals surface area contributed by atoms with Gasteiger partial charge in [-0.2, -0.15) is 0 Å². The van der Waals surface area contributed by atoms with E-state index in [9.17, 15) is 15.2 Å². The molecule has 1 unspecified atom stereocenters. The van der Waals surface area contributed by atoms with Crippen molar-refractivity contribution in [3.8, 4) is 0 Å². The summed E-state index contributed by atoms with van der Waals surface area (Å²) in [5.41, 5.74) is 0. The van der Waals surface area contributed by atoms with Gasteiger partial charge in [-0.3, -0.25) is 0 Å². The van der Waals surface area contributed by atoms with E-state index in [0.717, 1.165) is 19.4 Å². The molecule has 1 atom stereocenters. The van der Waals surface area contributed by atoms with Gasteiger partial charge in [-0.05, 0) is 17.9 Å². The molecule has 1 rings (SSSR count). The number of nitrogens with one attached hydrogen (secondary N) is 1. The molecule has 0 aliphatic rings. The van der Waals surface area contributed by atoms with Gasteiger partial charge in [0.1, 0.15) is 18.8 Å². The van der Waals surface area contributed by atoms with Crippen molar-refractivity contribution >= 4 is 5.82 Å². The molecular formula is C11H20N4O3. The highest BCUT2D eigenvalue weighted by Gasteiger charge is 2.20. The van der Waals surface area contributed by atoms with Crippen molar-refractivity contribution < 1.29 is 10.0 Å². The van der Waals surface area contributed by atoms with Crippen LogP contribution in [0.5, 0.6) is 0 Å². The van der Waals surface area contributed by atoms with Gasteiger partial charge in [0.2, 0.25) is 0 Å². The van der Waals surface area contributed by atoms with Crippen LogP contribution in [0.25, 0.3) is 0 Å². The lowest BCUT2D eigenvalue weighted by Crippen LogP contribution is -2.31. The summed E-state index contributed by atoms with van der Waals surface area (Å²) in [6.45, 7) is 5.23. The van der Waals surface area contributed by atoms with Gasteiger partial charge in [0.25, 0.3) is 0 Å². The molecule has 0 aliphatic carbocycles. The second kappa shape index (κ2) is 7.07. The van der Waals surface area contributed by atoms with Crippen LogP contribution >= 0.6 is 0 Å². The number of aromatic nitrogens is 2. The Balaban J connectivity index is 2.50. The Hall–Kier alpha value is -1.47. The average Bonchev–Trinajstić information content (AvgIpc) is 2.67. The number of hydrogen-bond donors (Lipinski definition) is 2. The molecule has 0 amide bonds. The van der Waals surface area contributed by atoms with Gasteiger partial charge in [-0.25, -0.2) is 9.55 Å². The van der Waals surface area contributed by atoms with E-state index < -0.39 is 11.0 Å². The van der Waals surface area contributed by atoms with Crippen LogP contribution in [0, 0.1) is 17.0 Å². The van der Waals surface area contributed by atoms with E-state index in [4.69, 9.17) is 0 Å². The Kier molecular flexibility index (Phi) is 5.73. The third-order valence-corrected chi connectivity index (χ3v) is 2.70. The second-order valence-corrected chi connectivity index (χ2v) is 4.24. The maximum atomic E-state index is 10.8. The number of aryl methyl sites for hydroxylation is 1. The number of rotatable bonds is 8. The zero-order valence-corrected chi connectivity index (χ0v) is 10.8. The molecule has 0 aromatic carbocycles. The van der Waals surface area contributed by atoms with E-state index in [1.165, 1.54) is 10.8 Å². The van der Waals surface area contributed by atoms with Crippen molar-refractivity contribution in [1.82, 2.24) is 14.9 Å². The first kappa shape index (κ1) is 14.6. The van der Waals surface area contributed by atoms with Crippen molar-refractivity contribution in [2.45, 2.75) is 39.3 Å². The van der Waals surface area contributed by atoms with Crippen molar-refractivity contribution in [2.24, 2.45) is 0 Å². The summed E-state index contributed by atoms with van der Waals surface area (Å²) < 4.78 is 1.42. The molecule has 2 N–H and O–H groups in total. The van der Waals surface area contributed by atoms with Crippen molar-refractivity contribution in [2.75, 3.05) is 13.1 Å². The van der Waals surface area contributed by atoms with Crippen LogP contribution in [0.15, 0.2) is 6.20 Å². The number of hydrogen-bond acceptors (Lipinski definition) is 5. The Labute approximate surface area is 106 Å². The molecule has 0 saturated carbocycles. The summed E-state index contributed by atoms with van der Waals surface area (Å²) >= 11 is 0. The third kappa shape index (κ3) is 4.08. The molecule has 0 bridgehead atoms. The smallest absolute Gasteiger partial charge is 0.342 e. The molecule has 1 aromatic heterocycles. The summed E-state index contributed by atoms with van der Waals surface area (Å²) in [6.07, 6.45) is 2.70. The fourth-order valence-corrected chi connectivity index (χ4v) is 1.67. The maximum absolute atomic E-state index is 10.8. The zero-order chi connectivity index (χ0) is 13.5. The Morgan fingerprint density at radius 3 is 3.00 bits per heavy atom. The molecule has 0 fully saturated rings. The fraction of sp³-hybridized carbons (Fsp3) is 0.727. The predicted molar refractivity (Wildman–Crippen MR) is 67.4 cm³/mol. The predicted octanol–water partition coefficient (Wildman–Crippen LogP) is 0.850. The Morgan fingerprint density at radius 1 is 1.67 bits per heavy atom. The summed E-state index contributed by atoms with van der Waals surface area (Å²) in [7, 11) is 0. The van der Waals surface area contributed by atoms with Crippen LogP contribution in [-0.4, -0.2) is 38.8 Å². The third-order valence-electron chi connectivity index (χ3n) is 2.70. The van der Waals surface area contributed by atoms with Crippen LogP contribution in [0.2, 0.25) is 0 Å². The second-order valence-electron chi connectivity index (χ2n) is 4.24. The number of nitro groups is 1. The van der Waals surface area contributed by atoms with Crippen LogP contribution in [0.4, 0.5) is 5.82 Å². The summed E-state index contributed by atoms with van der Waals surface area (Å²) in [4.78, 5) is 14.2. The minimum absolute atomic E-state index is 0.0832. The maximum Gasteiger partial charge on any atom is 0.342 e. The van der Waals surface area contributed by atoms with E-state index in [-0.39, 0.29) is 12.4 Å². The average molecular weight is 256 g/mol. The first-order valence-electron chi connectivity index (χ1n) is 6.11. The highest BCUT2D eigenvalue weighted by molar-refractivity contribution is 5.18. The largest absolute Gasteiger partial charge is 0.388 e. The summed E-state index contributed by atoms with van der Waals surface area (Å²) in [5, 5.41) is 23.7. The SMILES string of the molecule is CCCCNCC(O)Cn1c([N+](=O)[O-])cnc1C.